The van der Waals surface area contributed by atoms with Gasteiger partial charge in [-0.25, -0.2) is 4.79 Å². The highest BCUT2D eigenvalue weighted by atomic mass is 16.5. The number of para-hydroxylation sites is 1. The van der Waals surface area contributed by atoms with Crippen LogP contribution >= 0.6 is 0 Å². The molecule has 2 atom stereocenters. The summed E-state index contributed by atoms with van der Waals surface area (Å²) >= 11 is 0. The van der Waals surface area contributed by atoms with Crippen LogP contribution in [-0.2, 0) is 20.7 Å². The third-order valence-electron chi connectivity index (χ3n) is 6.56. The second-order valence-electron chi connectivity index (χ2n) is 8.95. The number of nitrogens with one attached hydrogen (secondary N) is 2. The molecular weight excluding hydrogens is 422 g/mol. The molecule has 1 saturated heterocycles. The Morgan fingerprint density at radius 3 is 2.94 bits per heavy atom. The first-order chi connectivity index (χ1) is 16.1. The monoisotopic (exact) mass is 451 g/mol. The lowest BCUT2D eigenvalue weighted by Gasteiger charge is -2.33. The van der Waals surface area contributed by atoms with Gasteiger partial charge in [0, 0.05) is 29.4 Å². The first-order valence-corrected chi connectivity index (χ1v) is 11.6. The topological polar surface area (TPSA) is 113 Å². The number of aromatic nitrogens is 3. The van der Waals surface area contributed by atoms with E-state index in [0.29, 0.717) is 24.1 Å². The van der Waals surface area contributed by atoms with Gasteiger partial charge >= 0.3 is 5.97 Å². The lowest BCUT2D eigenvalue weighted by atomic mass is 10.0. The molecule has 1 saturated carbocycles. The van der Waals surface area contributed by atoms with Gasteiger partial charge in [-0.05, 0) is 43.9 Å². The maximum absolute atomic E-state index is 13.0. The Kier molecular flexibility index (Phi) is 6.13. The van der Waals surface area contributed by atoms with Gasteiger partial charge in [0.1, 0.15) is 6.04 Å². The molecule has 1 aliphatic carbocycles. The van der Waals surface area contributed by atoms with Crippen LogP contribution < -0.4 is 5.32 Å². The van der Waals surface area contributed by atoms with Crippen molar-refractivity contribution in [2.75, 3.05) is 20.2 Å². The number of H-pyrrole nitrogens is 1. The second-order valence-corrected chi connectivity index (χ2v) is 8.95. The van der Waals surface area contributed by atoms with Crippen LogP contribution in [-0.4, -0.2) is 58.1 Å². The number of aromatic amines is 1. The van der Waals surface area contributed by atoms with E-state index in [2.05, 4.69) is 25.3 Å². The Bertz CT molecular complexity index is 1130. The van der Waals surface area contributed by atoms with Gasteiger partial charge in [0.2, 0.25) is 11.8 Å². The molecule has 0 radical (unpaired) electrons. The molecule has 2 fully saturated rings. The van der Waals surface area contributed by atoms with Crippen LogP contribution in [0.1, 0.15) is 61.3 Å². The molecule has 0 bridgehead atoms. The fourth-order valence-electron chi connectivity index (χ4n) is 4.63. The van der Waals surface area contributed by atoms with Crippen molar-refractivity contribution in [3.8, 4) is 0 Å². The van der Waals surface area contributed by atoms with Crippen LogP contribution in [0.25, 0.3) is 10.9 Å². The maximum Gasteiger partial charge on any atom is 0.328 e. The summed E-state index contributed by atoms with van der Waals surface area (Å²) in [7, 11) is 1.34. The number of rotatable bonds is 8. The molecule has 9 heteroatoms. The molecule has 2 unspecified atom stereocenters. The summed E-state index contributed by atoms with van der Waals surface area (Å²) in [5, 5.41) is 8.12. The number of benzene rings is 1. The van der Waals surface area contributed by atoms with Crippen molar-refractivity contribution in [2.45, 2.75) is 56.5 Å². The Balaban J connectivity index is 1.26. The van der Waals surface area contributed by atoms with Crippen LogP contribution in [0.2, 0.25) is 0 Å². The quantitative estimate of drug-likeness (QED) is 0.506. The highest BCUT2D eigenvalue weighted by molar-refractivity contribution is 5.87. The summed E-state index contributed by atoms with van der Waals surface area (Å²) in [6.07, 6.45) is 7.37. The van der Waals surface area contributed by atoms with Crippen molar-refractivity contribution in [3.63, 3.8) is 0 Å². The summed E-state index contributed by atoms with van der Waals surface area (Å²) in [6.45, 7) is 0.941. The SMILES string of the molecule is COC(=O)C(Cc1c[nH]c2ccccc12)NC(=O)CN1CCCCC1c1noc(C2CC2)n1. The number of methoxy groups -OCH3 is 1. The number of nitrogens with zero attached hydrogens (tertiary/aromatic N) is 3. The number of hydrogen-bond acceptors (Lipinski definition) is 7. The number of amides is 1. The van der Waals surface area contributed by atoms with Gasteiger partial charge in [0.15, 0.2) is 5.82 Å². The van der Waals surface area contributed by atoms with Crippen molar-refractivity contribution in [2.24, 2.45) is 0 Å². The third kappa shape index (κ3) is 4.78. The van der Waals surface area contributed by atoms with E-state index in [4.69, 9.17) is 9.26 Å². The van der Waals surface area contributed by atoms with E-state index < -0.39 is 12.0 Å². The minimum atomic E-state index is -0.767. The van der Waals surface area contributed by atoms with Crippen LogP contribution in [0.5, 0.6) is 0 Å². The van der Waals surface area contributed by atoms with Crippen molar-refractivity contribution < 1.29 is 18.8 Å². The molecule has 1 aliphatic heterocycles. The Labute approximate surface area is 191 Å². The van der Waals surface area contributed by atoms with E-state index in [1.54, 1.807) is 0 Å². The molecule has 0 spiro atoms. The number of carbonyl (C=O) groups is 2. The van der Waals surface area contributed by atoms with Crippen LogP contribution in [0.4, 0.5) is 0 Å². The number of likely N-dealkylation sites (tertiary alicyclic amines) is 1. The highest BCUT2D eigenvalue weighted by Gasteiger charge is 2.34. The zero-order chi connectivity index (χ0) is 22.8. The summed E-state index contributed by atoms with van der Waals surface area (Å²) in [5.41, 5.74) is 1.95. The smallest absolute Gasteiger partial charge is 0.328 e. The van der Waals surface area contributed by atoms with E-state index >= 15 is 0 Å². The van der Waals surface area contributed by atoms with E-state index in [9.17, 15) is 9.59 Å². The van der Waals surface area contributed by atoms with Gasteiger partial charge in [-0.15, -0.1) is 0 Å². The molecule has 174 valence electrons. The average molecular weight is 452 g/mol. The van der Waals surface area contributed by atoms with Crippen molar-refractivity contribution in [1.29, 1.82) is 0 Å². The molecule has 3 aromatic rings. The Morgan fingerprint density at radius 2 is 2.12 bits per heavy atom. The van der Waals surface area contributed by atoms with Gasteiger partial charge in [0.05, 0.1) is 19.7 Å². The lowest BCUT2D eigenvalue weighted by molar-refractivity contribution is -0.145. The normalized spacial score (nSPS) is 20.0. The predicted octanol–water partition coefficient (Wildman–Crippen LogP) is 2.86. The van der Waals surface area contributed by atoms with E-state index in [1.807, 2.05) is 30.5 Å². The number of fused-ring (bicyclic) bond motifs is 1. The standard InChI is InChI=1S/C24H29N5O4/c1-32-24(31)19(12-16-13-25-18-7-3-2-6-17(16)18)26-21(30)14-29-11-5-4-8-20(29)22-27-23(33-28-22)15-9-10-15/h2-3,6-7,13,15,19-20,25H,4-5,8-12,14H2,1H3,(H,26,30). The molecule has 33 heavy (non-hydrogen) atoms. The van der Waals surface area contributed by atoms with Crippen LogP contribution in [0.3, 0.4) is 0 Å². The Morgan fingerprint density at radius 1 is 1.27 bits per heavy atom. The maximum atomic E-state index is 13.0. The molecule has 2 aliphatic rings. The van der Waals surface area contributed by atoms with Gasteiger partial charge in [-0.2, -0.15) is 4.98 Å². The number of carbonyl (C=O) groups excluding carboxylic acids is 2. The first kappa shape index (κ1) is 21.6. The summed E-state index contributed by atoms with van der Waals surface area (Å²) in [6, 6.07) is 7.06. The van der Waals surface area contributed by atoms with Gasteiger partial charge in [0.25, 0.3) is 0 Å². The van der Waals surface area contributed by atoms with Gasteiger partial charge in [-0.1, -0.05) is 29.8 Å². The molecule has 9 nitrogen and oxygen atoms in total. The zero-order valence-electron chi connectivity index (χ0n) is 18.8. The molecule has 2 aromatic heterocycles. The molecule has 2 N–H and O–H groups in total. The highest BCUT2D eigenvalue weighted by Crippen LogP contribution is 2.40. The van der Waals surface area contributed by atoms with E-state index in [1.165, 1.54) is 7.11 Å². The zero-order valence-corrected chi connectivity index (χ0v) is 18.8. The van der Waals surface area contributed by atoms with Crippen LogP contribution in [0, 0.1) is 0 Å². The predicted molar refractivity (Wildman–Crippen MR) is 120 cm³/mol. The van der Waals surface area contributed by atoms with Crippen molar-refractivity contribution in [3.05, 3.63) is 47.7 Å². The molecule has 3 heterocycles. The fraction of sp³-hybridized carbons (Fsp3) is 0.500. The summed E-state index contributed by atoms with van der Waals surface area (Å²) < 4.78 is 10.4. The molecular formula is C24H29N5O4. The summed E-state index contributed by atoms with van der Waals surface area (Å²) in [5.74, 6) is 1.09. The number of esters is 1. The second kappa shape index (κ2) is 9.35. The minimum Gasteiger partial charge on any atom is -0.467 e. The van der Waals surface area contributed by atoms with Crippen LogP contribution in [0.15, 0.2) is 35.0 Å². The number of ether oxygens (including phenoxy) is 1. The largest absolute Gasteiger partial charge is 0.467 e. The van der Waals surface area contributed by atoms with Gasteiger partial charge in [-0.3, -0.25) is 9.69 Å². The minimum absolute atomic E-state index is 0.0501. The van der Waals surface area contributed by atoms with Crippen molar-refractivity contribution >= 4 is 22.8 Å². The molecule has 1 aromatic carbocycles. The summed E-state index contributed by atoms with van der Waals surface area (Å²) in [4.78, 5) is 35.4. The fourth-order valence-corrected chi connectivity index (χ4v) is 4.63. The van der Waals surface area contributed by atoms with E-state index in [-0.39, 0.29) is 18.5 Å². The van der Waals surface area contributed by atoms with Crippen molar-refractivity contribution in [1.82, 2.24) is 25.3 Å². The third-order valence-corrected chi connectivity index (χ3v) is 6.56. The number of piperidine rings is 1. The van der Waals surface area contributed by atoms with E-state index in [0.717, 1.165) is 55.1 Å². The lowest BCUT2D eigenvalue weighted by Crippen LogP contribution is -2.48. The Hall–Kier alpha value is -3.20. The number of hydrogen-bond donors (Lipinski definition) is 2. The molecule has 5 rings (SSSR count). The molecule has 1 amide bonds. The van der Waals surface area contributed by atoms with Gasteiger partial charge < -0.3 is 19.6 Å². The average Bonchev–Trinajstić information content (AvgIpc) is 3.43. The first-order valence-electron chi connectivity index (χ1n) is 11.6.